The minimum absolute atomic E-state index is 0.184. The van der Waals surface area contributed by atoms with E-state index >= 15 is 0 Å². The number of aryl methyl sites for hydroxylation is 1. The van der Waals surface area contributed by atoms with Crippen molar-refractivity contribution in [1.82, 2.24) is 20.4 Å². The number of hydrazine groups is 1. The Kier molecular flexibility index (Phi) is 7.49. The number of amides is 1. The quantitative estimate of drug-likeness (QED) is 0.244. The highest BCUT2D eigenvalue weighted by Crippen LogP contribution is 2.36. The largest absolute Gasteiger partial charge is 0.393 e. The highest BCUT2D eigenvalue weighted by molar-refractivity contribution is 6.32. The second-order valence-corrected chi connectivity index (χ2v) is 8.57. The van der Waals surface area contributed by atoms with Gasteiger partial charge >= 0.3 is 0 Å². The maximum atomic E-state index is 12.3. The van der Waals surface area contributed by atoms with Crippen molar-refractivity contribution in [3.63, 3.8) is 0 Å². The van der Waals surface area contributed by atoms with E-state index in [1.807, 2.05) is 13.0 Å². The number of rotatable bonds is 7. The lowest BCUT2D eigenvalue weighted by Crippen LogP contribution is -2.30. The Bertz CT molecular complexity index is 1440. The van der Waals surface area contributed by atoms with Gasteiger partial charge in [-0.2, -0.15) is 5.26 Å². The minimum atomic E-state index is -0.563. The summed E-state index contributed by atoms with van der Waals surface area (Å²) in [6.07, 6.45) is 4.34. The second-order valence-electron chi connectivity index (χ2n) is 7.73. The molecule has 1 atom stereocenters. The van der Waals surface area contributed by atoms with E-state index in [0.717, 1.165) is 11.1 Å². The topological polar surface area (TPSA) is 142 Å². The van der Waals surface area contributed by atoms with Crippen LogP contribution >= 0.6 is 23.2 Å². The summed E-state index contributed by atoms with van der Waals surface area (Å²) in [5.74, 6) is -0.419. The van der Waals surface area contributed by atoms with Gasteiger partial charge in [0.25, 0.3) is 5.91 Å². The number of halogens is 2. The number of nitrogens with one attached hydrogen (secondary N) is 3. The summed E-state index contributed by atoms with van der Waals surface area (Å²) < 4.78 is 0. The van der Waals surface area contributed by atoms with Gasteiger partial charge in [-0.05, 0) is 53.9 Å². The lowest BCUT2D eigenvalue weighted by Gasteiger charge is -2.17. The van der Waals surface area contributed by atoms with Gasteiger partial charge in [-0.3, -0.25) is 20.6 Å². The van der Waals surface area contributed by atoms with Crippen molar-refractivity contribution in [3.05, 3.63) is 99.6 Å². The van der Waals surface area contributed by atoms with E-state index in [1.54, 1.807) is 42.5 Å². The number of nitrogens with zero attached hydrogens (tertiary/aromatic N) is 4. The maximum absolute atomic E-state index is 12.3. The van der Waals surface area contributed by atoms with Crippen LogP contribution in [0.25, 0.3) is 0 Å². The highest BCUT2D eigenvalue weighted by atomic mass is 35.5. The molecule has 2 aromatic carbocycles. The molecule has 1 amide bonds. The van der Waals surface area contributed by atoms with Gasteiger partial charge in [-0.15, -0.1) is 0 Å². The van der Waals surface area contributed by atoms with Crippen molar-refractivity contribution in [2.45, 2.75) is 12.8 Å². The SMILES string of the molecule is Cc1cc(C(C#N)c2ccc(Cl)cc2)c(Cl)cc1Nc1ncnc(NNC(=O)c2ccncc2)c1N. The van der Waals surface area contributed by atoms with E-state index in [4.69, 9.17) is 28.9 Å². The Balaban J connectivity index is 1.54. The lowest BCUT2D eigenvalue weighted by atomic mass is 9.91. The summed E-state index contributed by atoms with van der Waals surface area (Å²) >= 11 is 12.6. The summed E-state index contributed by atoms with van der Waals surface area (Å²) in [5.41, 5.74) is 15.0. The molecular formula is C25H20Cl2N8O. The lowest BCUT2D eigenvalue weighted by molar-refractivity contribution is 0.0962. The Morgan fingerprint density at radius 1 is 1.06 bits per heavy atom. The summed E-state index contributed by atoms with van der Waals surface area (Å²) in [4.78, 5) is 24.4. The number of anilines is 4. The number of pyridine rings is 1. The smallest absolute Gasteiger partial charge is 0.269 e. The fourth-order valence-electron chi connectivity index (χ4n) is 3.45. The Labute approximate surface area is 217 Å². The average molecular weight is 519 g/mol. The monoisotopic (exact) mass is 518 g/mol. The number of carbonyl (C=O) groups excluding carboxylic acids is 1. The van der Waals surface area contributed by atoms with Crippen molar-refractivity contribution >= 4 is 52.1 Å². The first kappa shape index (κ1) is 24.7. The standard InChI is InChI=1S/C25H20Cl2N8O/c1-14-10-18(19(12-28)15-2-4-17(26)5-3-15)20(27)11-21(14)33-23-22(29)24(32-13-31-23)34-35-25(36)16-6-8-30-9-7-16/h2-11,13,19H,29H2,1H3,(H,35,36)(H2,31,32,33,34). The maximum Gasteiger partial charge on any atom is 0.269 e. The van der Waals surface area contributed by atoms with Gasteiger partial charge in [0, 0.05) is 33.7 Å². The number of nitrogen functional groups attached to an aromatic ring is 1. The van der Waals surface area contributed by atoms with E-state index in [9.17, 15) is 10.1 Å². The number of aromatic nitrogens is 3. The molecule has 0 aliphatic rings. The van der Waals surface area contributed by atoms with Crippen LogP contribution in [0.5, 0.6) is 0 Å². The molecule has 4 rings (SSSR count). The molecule has 0 radical (unpaired) electrons. The van der Waals surface area contributed by atoms with E-state index in [1.165, 1.54) is 18.7 Å². The van der Waals surface area contributed by atoms with Crippen LogP contribution < -0.4 is 21.9 Å². The number of carbonyl (C=O) groups is 1. The van der Waals surface area contributed by atoms with Gasteiger partial charge in [-0.1, -0.05) is 41.4 Å². The second kappa shape index (κ2) is 10.9. The first-order chi connectivity index (χ1) is 17.4. The average Bonchev–Trinajstić information content (AvgIpc) is 2.89. The number of hydrogen-bond acceptors (Lipinski definition) is 8. The molecule has 9 nitrogen and oxygen atoms in total. The Hall–Kier alpha value is -4.39. The first-order valence-corrected chi connectivity index (χ1v) is 11.4. The van der Waals surface area contributed by atoms with Crippen LogP contribution in [0.3, 0.4) is 0 Å². The van der Waals surface area contributed by atoms with Crippen LogP contribution in [-0.4, -0.2) is 20.9 Å². The van der Waals surface area contributed by atoms with Gasteiger partial charge in [0.15, 0.2) is 11.6 Å². The summed E-state index contributed by atoms with van der Waals surface area (Å²) in [5, 5.41) is 14.0. The number of benzene rings is 2. The van der Waals surface area contributed by atoms with Gasteiger partial charge < -0.3 is 11.1 Å². The first-order valence-electron chi connectivity index (χ1n) is 10.7. The molecule has 0 saturated heterocycles. The molecule has 0 aliphatic heterocycles. The molecule has 0 saturated carbocycles. The van der Waals surface area contributed by atoms with Crippen molar-refractivity contribution < 1.29 is 4.79 Å². The minimum Gasteiger partial charge on any atom is -0.393 e. The molecule has 2 heterocycles. The molecule has 5 N–H and O–H groups in total. The van der Waals surface area contributed by atoms with Crippen LogP contribution in [-0.2, 0) is 0 Å². The highest BCUT2D eigenvalue weighted by Gasteiger charge is 2.19. The van der Waals surface area contributed by atoms with Crippen molar-refractivity contribution in [2.24, 2.45) is 0 Å². The van der Waals surface area contributed by atoms with Crippen LogP contribution in [0.2, 0.25) is 10.0 Å². The van der Waals surface area contributed by atoms with Crippen molar-refractivity contribution in [3.8, 4) is 6.07 Å². The van der Waals surface area contributed by atoms with Crippen LogP contribution in [0.15, 0.2) is 67.3 Å². The molecule has 4 aromatic rings. The van der Waals surface area contributed by atoms with Crippen molar-refractivity contribution in [2.75, 3.05) is 16.5 Å². The molecule has 11 heteroatoms. The molecular weight excluding hydrogens is 499 g/mol. The fourth-order valence-corrected chi connectivity index (χ4v) is 3.85. The summed E-state index contributed by atoms with van der Waals surface area (Å²) in [6, 6.07) is 16.1. The zero-order valence-corrected chi connectivity index (χ0v) is 20.5. The van der Waals surface area contributed by atoms with E-state index < -0.39 is 5.92 Å². The molecule has 0 aliphatic carbocycles. The van der Waals surface area contributed by atoms with Gasteiger partial charge in [0.1, 0.15) is 12.0 Å². The Morgan fingerprint density at radius 2 is 1.75 bits per heavy atom. The molecule has 0 bridgehead atoms. The zero-order chi connectivity index (χ0) is 25.7. The van der Waals surface area contributed by atoms with Gasteiger partial charge in [-0.25, -0.2) is 9.97 Å². The van der Waals surface area contributed by atoms with E-state index in [-0.39, 0.29) is 17.4 Å². The van der Waals surface area contributed by atoms with Crippen LogP contribution in [0.1, 0.15) is 33.0 Å². The molecule has 36 heavy (non-hydrogen) atoms. The summed E-state index contributed by atoms with van der Waals surface area (Å²) in [7, 11) is 0. The number of hydrogen-bond donors (Lipinski definition) is 4. The predicted octanol–water partition coefficient (Wildman–Crippen LogP) is 5.23. The van der Waals surface area contributed by atoms with E-state index in [0.29, 0.717) is 32.7 Å². The zero-order valence-electron chi connectivity index (χ0n) is 19.0. The molecule has 1 unspecified atom stereocenters. The van der Waals surface area contributed by atoms with Gasteiger partial charge in [0.2, 0.25) is 0 Å². The fraction of sp³-hybridized carbons (Fsp3) is 0.0800. The third-order valence-corrected chi connectivity index (χ3v) is 5.94. The molecule has 0 spiro atoms. The molecule has 180 valence electrons. The number of nitrogens with two attached hydrogens (primary N) is 1. The van der Waals surface area contributed by atoms with Gasteiger partial charge in [0.05, 0.1) is 12.0 Å². The molecule has 0 fully saturated rings. The Morgan fingerprint density at radius 3 is 2.44 bits per heavy atom. The van der Waals surface area contributed by atoms with Crippen LogP contribution in [0.4, 0.5) is 23.0 Å². The predicted molar refractivity (Wildman–Crippen MR) is 140 cm³/mol. The summed E-state index contributed by atoms with van der Waals surface area (Å²) in [6.45, 7) is 1.88. The molecule has 2 aromatic heterocycles. The van der Waals surface area contributed by atoms with Crippen molar-refractivity contribution in [1.29, 1.82) is 5.26 Å². The van der Waals surface area contributed by atoms with Crippen LogP contribution in [0, 0.1) is 18.3 Å². The number of nitriles is 1. The van der Waals surface area contributed by atoms with E-state index in [2.05, 4.69) is 37.2 Å². The third-order valence-electron chi connectivity index (χ3n) is 5.36. The third kappa shape index (κ3) is 5.46. The normalized spacial score (nSPS) is 11.3.